The Balaban J connectivity index is 0.000000789. The largest absolute Gasteiger partial charge is 0.373 e. The average Bonchev–Trinajstić information content (AvgIpc) is 1.37. The Morgan fingerprint density at radius 2 is 0.296 bits per heavy atom. The number of ether oxygens (including phenoxy) is 3. The highest BCUT2D eigenvalue weighted by atomic mass is 16.5. The van der Waals surface area contributed by atoms with E-state index in [1.807, 2.05) is 0 Å². The molecule has 0 unspecified atom stereocenters. The van der Waals surface area contributed by atoms with E-state index in [4.69, 9.17) is 14.2 Å². The molecule has 30 nitrogen and oxygen atoms in total. The Bertz CT molecular complexity index is 3290. The Morgan fingerprint density at radius 3 is 0.514 bits per heavy atom. The number of amides is 10. The molecule has 8 atom stereocenters. The van der Waals surface area contributed by atoms with E-state index in [9.17, 15) is 47.9 Å². The van der Waals surface area contributed by atoms with Crippen molar-refractivity contribution in [2.45, 2.75) is 659 Å². The minimum Gasteiger partial charge on any atom is -0.373 e. The van der Waals surface area contributed by atoms with Gasteiger partial charge >= 0.3 is 0 Å². The zero-order valence-electron chi connectivity index (χ0n) is 98.0. The molecule has 0 bridgehead atoms. The molecular formula is C112H221N17O13. The summed E-state index contributed by atoms with van der Waals surface area (Å²) < 4.78 is 17.4. The van der Waals surface area contributed by atoms with Crippen molar-refractivity contribution in [3.05, 3.63) is 0 Å². The van der Waals surface area contributed by atoms with Gasteiger partial charge in [0.05, 0.1) is 35.1 Å². The lowest BCUT2D eigenvalue weighted by Gasteiger charge is -2.40. The Labute approximate surface area is 866 Å². The van der Waals surface area contributed by atoms with Crippen molar-refractivity contribution < 1.29 is 62.2 Å². The van der Waals surface area contributed by atoms with Gasteiger partial charge in [-0.15, -0.1) is 0 Å². The van der Waals surface area contributed by atoms with E-state index in [0.717, 1.165) is 141 Å². The first-order valence-corrected chi connectivity index (χ1v) is 54.8. The molecule has 0 saturated heterocycles. The Morgan fingerprint density at radius 1 is 0.155 bits per heavy atom. The van der Waals surface area contributed by atoms with Crippen LogP contribution >= 0.6 is 0 Å². The normalized spacial score (nSPS) is 27.7. The van der Waals surface area contributed by atoms with Crippen LogP contribution in [0.2, 0.25) is 0 Å². The molecule has 10 aliphatic carbocycles. The van der Waals surface area contributed by atoms with Crippen LogP contribution in [0.5, 0.6) is 0 Å². The second kappa shape index (κ2) is 63.3. The number of carbonyl (C=O) groups is 10. The highest BCUT2D eigenvalue weighted by molar-refractivity contribution is 5.76. The van der Waals surface area contributed by atoms with Crippen LogP contribution in [0, 0.1) is 0 Å². The average molecular weight is 2010 g/mol. The van der Waals surface area contributed by atoms with Crippen LogP contribution in [-0.2, 0) is 62.2 Å². The van der Waals surface area contributed by atoms with Gasteiger partial charge in [-0.3, -0.25) is 47.9 Å². The molecule has 10 saturated carbocycles. The number of rotatable bonds is 20. The fourth-order valence-corrected chi connectivity index (χ4v) is 20.6. The van der Waals surface area contributed by atoms with Gasteiger partial charge in [-0.25, -0.2) is 0 Å². The molecule has 10 rings (SSSR count). The summed E-state index contributed by atoms with van der Waals surface area (Å²) in [6, 6.07) is 7.80. The van der Waals surface area contributed by atoms with Crippen molar-refractivity contribution >= 4 is 59.1 Å². The molecule has 17 N–H and O–H groups in total. The van der Waals surface area contributed by atoms with Crippen molar-refractivity contribution in [2.24, 2.45) is 0 Å². The molecular weight excluding hydrogens is 1790 g/mol. The van der Waals surface area contributed by atoms with Crippen molar-refractivity contribution in [1.29, 1.82) is 0 Å². The molecule has 10 fully saturated rings. The first kappa shape index (κ1) is 134. The molecule has 142 heavy (non-hydrogen) atoms. The maximum absolute atomic E-state index is 11.0. The molecule has 30 heteroatoms. The molecule has 0 aliphatic heterocycles. The molecule has 832 valence electrons. The second-order valence-corrected chi connectivity index (χ2v) is 53.0. The third kappa shape index (κ3) is 76.8. The molecule has 0 radical (unpaired) electrons. The second-order valence-electron chi connectivity index (χ2n) is 53.0. The molecule has 0 aromatic heterocycles. The quantitative estimate of drug-likeness (QED) is 0.0538. The summed E-state index contributed by atoms with van der Waals surface area (Å²) in [5, 5.41) is 54.7. The summed E-state index contributed by atoms with van der Waals surface area (Å²) >= 11 is 0. The van der Waals surface area contributed by atoms with E-state index in [1.165, 1.54) is 64.2 Å². The summed E-state index contributed by atoms with van der Waals surface area (Å²) in [7, 11) is 0. The van der Waals surface area contributed by atoms with E-state index in [0.29, 0.717) is 121 Å². The van der Waals surface area contributed by atoms with Gasteiger partial charge in [-0.2, -0.15) is 0 Å². The minimum absolute atomic E-state index is 0.0501. The van der Waals surface area contributed by atoms with Gasteiger partial charge in [0.2, 0.25) is 59.1 Å². The highest BCUT2D eigenvalue weighted by Gasteiger charge is 2.38. The fourth-order valence-electron chi connectivity index (χ4n) is 20.6. The fraction of sp³-hybridized carbons (Fsp3) is 0.911. The van der Waals surface area contributed by atoms with E-state index in [-0.39, 0.29) is 115 Å². The predicted octanol–water partition coefficient (Wildman–Crippen LogP) is 16.4. The van der Waals surface area contributed by atoms with Gasteiger partial charge in [-0.1, -0.05) is 0 Å². The lowest BCUT2D eigenvalue weighted by molar-refractivity contribution is -0.127. The van der Waals surface area contributed by atoms with Crippen molar-refractivity contribution in [1.82, 2.24) is 90.4 Å². The summed E-state index contributed by atoms with van der Waals surface area (Å²) in [5.74, 6) is 0.836. The molecule has 0 spiro atoms. The molecule has 10 amide bonds. The SMILES string of the molecule is CC(=O)NC1CC(NC(C)(C)C)C1.CC(=O)NC1CC(OC(C)(C)C)C1.CC(=O)NC1CC(OC(C)(C)C)C1.CC(=O)NC1CCC(NC(C)(C)C)CC1.CC(=O)NC1CCC(NC(C)(C)C)CC1.CC(=O)NC1CCC(OC(C)(C)C)CC1.CC(=O)N[C@@H]1CCC[C@H](NC(C)(C)C)C1.CC(=O)N[C@@H]1CC[C@H](NC(C)(C)C)C1.CC(=O)N[C@H]1CCC[C@H](NC(C)(C)C)C1.CC(=O)N[C@H]1CC[C@H](NC(C)(C)C)C1. The summed E-state index contributed by atoms with van der Waals surface area (Å²) in [5.41, 5.74) is 1.10. The zero-order valence-corrected chi connectivity index (χ0v) is 98.0. The van der Waals surface area contributed by atoms with E-state index < -0.39 is 0 Å². The first-order chi connectivity index (χ1) is 64.7. The Kier molecular flexibility index (Phi) is 59.9. The first-order valence-electron chi connectivity index (χ1n) is 54.8. The van der Waals surface area contributed by atoms with Crippen LogP contribution < -0.4 is 90.4 Å². The topological polar surface area (TPSA) is 403 Å². The minimum atomic E-state index is -0.0636. The summed E-state index contributed by atoms with van der Waals surface area (Å²) in [6.07, 6.45) is 36.2. The number of hydrogen-bond donors (Lipinski definition) is 17. The van der Waals surface area contributed by atoms with Gasteiger partial charge in [0.15, 0.2) is 0 Å². The van der Waals surface area contributed by atoms with Gasteiger partial charge in [0, 0.05) is 211 Å². The van der Waals surface area contributed by atoms with E-state index >= 15 is 0 Å². The number of carbonyl (C=O) groups excluding carboxylic acids is 10. The maximum atomic E-state index is 11.0. The van der Waals surface area contributed by atoms with Gasteiger partial charge in [0.25, 0.3) is 0 Å². The Hall–Kier alpha value is -5.70. The van der Waals surface area contributed by atoms with Gasteiger partial charge < -0.3 is 105 Å². The maximum Gasteiger partial charge on any atom is 0.217 e. The third-order valence-corrected chi connectivity index (χ3v) is 24.8. The molecule has 0 aromatic carbocycles. The van der Waals surface area contributed by atoms with E-state index in [2.05, 4.69) is 298 Å². The van der Waals surface area contributed by atoms with Crippen molar-refractivity contribution in [3.8, 4) is 0 Å². The monoisotopic (exact) mass is 2010 g/mol. The number of nitrogens with one attached hydrogen (secondary N) is 17. The molecule has 0 aromatic rings. The highest BCUT2D eigenvalue weighted by Crippen LogP contribution is 2.33. The number of hydrogen-bond acceptors (Lipinski definition) is 20. The lowest BCUT2D eigenvalue weighted by atomic mass is 9.85. The summed E-state index contributed by atoms with van der Waals surface area (Å²) in [4.78, 5) is 108. The van der Waals surface area contributed by atoms with Crippen LogP contribution in [0.25, 0.3) is 0 Å². The zero-order chi connectivity index (χ0) is 109. The van der Waals surface area contributed by atoms with Crippen molar-refractivity contribution in [2.75, 3.05) is 0 Å². The van der Waals surface area contributed by atoms with Crippen LogP contribution in [0.15, 0.2) is 0 Å². The van der Waals surface area contributed by atoms with Crippen molar-refractivity contribution in [3.63, 3.8) is 0 Å². The summed E-state index contributed by atoms with van der Waals surface area (Å²) in [6.45, 7) is 80.3. The smallest absolute Gasteiger partial charge is 0.217 e. The van der Waals surface area contributed by atoms with E-state index in [1.54, 1.807) is 69.2 Å². The lowest BCUT2D eigenvalue weighted by Crippen LogP contribution is -2.56. The van der Waals surface area contributed by atoms with Crippen LogP contribution in [0.3, 0.4) is 0 Å². The van der Waals surface area contributed by atoms with Gasteiger partial charge in [-0.05, 0) is 413 Å². The molecule has 0 heterocycles. The van der Waals surface area contributed by atoms with Crippen LogP contribution in [0.1, 0.15) is 482 Å². The third-order valence-electron chi connectivity index (χ3n) is 24.8. The van der Waals surface area contributed by atoms with Gasteiger partial charge in [0.1, 0.15) is 0 Å². The predicted molar refractivity (Wildman–Crippen MR) is 584 cm³/mol. The molecule has 10 aliphatic rings. The van der Waals surface area contributed by atoms with Crippen LogP contribution in [0.4, 0.5) is 0 Å². The standard InChI is InChI=1S/4C12H24N2O.C12H23NO2.2C11H22N2O.C10H20N2O.2C10H19NO2/c2*1-9(15)13-10-5-7-11(8-6-10)14-12(2,3)4;2*1-9(15)13-10-6-5-7-11(8-10)14-12(2,3)4;1-9(14)13-10-5-7-11(8-6-10)15-12(2,3)4;2*1-8(14)12-9-5-6-10(7-9)13-11(2,3)4;1-7(13)11-8-5-9(6-8)12-10(2,3)4;2*1-7(12)11-8-5-9(6-8)13-10(2,3)4/h4*10-11,14H,5-8H2,1-4H3,(H,13,15);10-11H,5-8H2,1-4H3,(H,13,14);2*9-10,13H,5-7H2,1-4H3,(H,12,14);8-9,12H,5-6H2,1-4H3,(H,11,13);2*8-9H,5-6H2,1-4H3,(H,11,12)/t;;10-,11+;10-,11-;;9-,10+;9-,10-;;;/m..10.10.../s1. The van der Waals surface area contributed by atoms with Crippen LogP contribution in [-0.4, -0.2) is 236 Å².